The second-order valence-corrected chi connectivity index (χ2v) is 12.8. The Hall–Kier alpha value is -4.42. The standard InChI is InChI=1S/C31H34F3N11O/c1-42(2)30(5-3-6-30)24-14-23(40-28(41-24)31(32,33)34)27(46)44-12-10-43(11-13-44)21-15-29(16-21,7-8-35)45-18-20(17-39-45)25-22-4-9-36-26(22)38-19-37-25/h4,9,14,17-19,21H,3,5-7,10-13,15-16H2,1-2H3,(H,36,37,38)/t21-,29+. The fraction of sp³-hybridized carbons (Fsp3) is 0.516. The van der Waals surface area contributed by atoms with E-state index in [1.165, 1.54) is 12.4 Å². The summed E-state index contributed by atoms with van der Waals surface area (Å²) in [7, 11) is 3.65. The van der Waals surface area contributed by atoms with Crippen LogP contribution in [0.3, 0.4) is 0 Å². The van der Waals surface area contributed by atoms with Gasteiger partial charge in [-0.05, 0) is 58.3 Å². The summed E-state index contributed by atoms with van der Waals surface area (Å²) in [6.07, 6.45) is 6.23. The SMILES string of the molecule is CN(C)C1(c2cc(C(=O)N3CCN([C@H]4C[C@@](CC#N)(n5cc(-c6ncnc7[nH]ccc67)cn5)C4)CC3)nc(C(F)(F)F)n2)CCC1. The Labute approximate surface area is 263 Å². The number of piperazine rings is 1. The highest BCUT2D eigenvalue weighted by Crippen LogP contribution is 2.46. The molecule has 240 valence electrons. The van der Waals surface area contributed by atoms with E-state index in [2.05, 4.69) is 41.0 Å². The molecule has 15 heteroatoms. The summed E-state index contributed by atoms with van der Waals surface area (Å²) in [5, 5.41) is 15.2. The van der Waals surface area contributed by atoms with Gasteiger partial charge in [0, 0.05) is 55.6 Å². The number of carbonyl (C=O) groups is 1. The van der Waals surface area contributed by atoms with Crippen molar-refractivity contribution in [2.75, 3.05) is 40.3 Å². The Balaban J connectivity index is 1.03. The van der Waals surface area contributed by atoms with Gasteiger partial charge >= 0.3 is 6.18 Å². The number of hydrogen-bond acceptors (Lipinski definition) is 9. The van der Waals surface area contributed by atoms with Crippen LogP contribution in [-0.4, -0.2) is 102 Å². The number of nitriles is 1. The van der Waals surface area contributed by atoms with Crippen molar-refractivity contribution in [3.8, 4) is 17.3 Å². The van der Waals surface area contributed by atoms with Gasteiger partial charge < -0.3 is 9.88 Å². The first-order valence-electron chi connectivity index (χ1n) is 15.4. The Morgan fingerprint density at radius 1 is 1.15 bits per heavy atom. The molecule has 1 amide bonds. The van der Waals surface area contributed by atoms with Crippen molar-refractivity contribution in [3.05, 3.63) is 54.3 Å². The molecule has 4 aromatic heterocycles. The number of aromatic nitrogens is 7. The van der Waals surface area contributed by atoms with E-state index in [1.54, 1.807) is 11.1 Å². The molecule has 0 unspecified atom stereocenters. The van der Waals surface area contributed by atoms with Crippen LogP contribution in [0.4, 0.5) is 13.2 Å². The van der Waals surface area contributed by atoms with Crippen LogP contribution < -0.4 is 0 Å². The lowest BCUT2D eigenvalue weighted by atomic mass is 9.70. The molecule has 7 rings (SSSR count). The van der Waals surface area contributed by atoms with Gasteiger partial charge in [-0.1, -0.05) is 0 Å². The molecule has 1 aliphatic heterocycles. The van der Waals surface area contributed by atoms with E-state index in [0.717, 1.165) is 41.6 Å². The smallest absolute Gasteiger partial charge is 0.346 e. The lowest BCUT2D eigenvalue weighted by Crippen LogP contribution is -2.60. The van der Waals surface area contributed by atoms with Crippen LogP contribution in [0.25, 0.3) is 22.3 Å². The van der Waals surface area contributed by atoms with E-state index in [-0.39, 0.29) is 17.4 Å². The highest BCUT2D eigenvalue weighted by Gasteiger charge is 2.50. The van der Waals surface area contributed by atoms with Gasteiger partial charge in [-0.25, -0.2) is 19.9 Å². The number of fused-ring (bicyclic) bond motifs is 1. The molecule has 2 aliphatic carbocycles. The van der Waals surface area contributed by atoms with E-state index in [9.17, 15) is 23.2 Å². The number of nitrogens with one attached hydrogen (secondary N) is 1. The number of amides is 1. The van der Waals surface area contributed by atoms with Gasteiger partial charge in [-0.3, -0.25) is 19.3 Å². The largest absolute Gasteiger partial charge is 0.451 e. The maximum Gasteiger partial charge on any atom is 0.451 e. The van der Waals surface area contributed by atoms with E-state index in [0.29, 0.717) is 45.4 Å². The number of alkyl halides is 3. The van der Waals surface area contributed by atoms with Crippen molar-refractivity contribution < 1.29 is 18.0 Å². The van der Waals surface area contributed by atoms with Crippen molar-refractivity contribution in [3.63, 3.8) is 0 Å². The molecule has 5 heterocycles. The lowest BCUT2D eigenvalue weighted by Gasteiger charge is -2.52. The second kappa shape index (κ2) is 11.1. The molecule has 1 saturated heterocycles. The topological polar surface area (TPSA) is 136 Å². The number of rotatable bonds is 7. The molecule has 0 radical (unpaired) electrons. The first-order chi connectivity index (χ1) is 22.0. The van der Waals surface area contributed by atoms with Gasteiger partial charge in [0.15, 0.2) is 0 Å². The molecule has 0 atom stereocenters. The summed E-state index contributed by atoms with van der Waals surface area (Å²) in [5.41, 5.74) is 1.29. The van der Waals surface area contributed by atoms with Crippen LogP contribution in [-0.2, 0) is 17.3 Å². The van der Waals surface area contributed by atoms with Gasteiger partial charge in [0.05, 0.1) is 41.2 Å². The number of hydrogen-bond donors (Lipinski definition) is 1. The minimum Gasteiger partial charge on any atom is -0.346 e. The summed E-state index contributed by atoms with van der Waals surface area (Å²) in [6, 6.07) is 5.90. The normalized spacial score (nSPS) is 23.2. The van der Waals surface area contributed by atoms with Crippen LogP contribution in [0.5, 0.6) is 0 Å². The lowest BCUT2D eigenvalue weighted by molar-refractivity contribution is -0.145. The first-order valence-corrected chi connectivity index (χ1v) is 15.4. The average Bonchev–Trinajstić information content (AvgIpc) is 3.68. The summed E-state index contributed by atoms with van der Waals surface area (Å²) < 4.78 is 43.4. The van der Waals surface area contributed by atoms with Gasteiger partial charge in [-0.15, -0.1) is 0 Å². The number of halogens is 3. The number of H-pyrrole nitrogens is 1. The number of aromatic amines is 1. The van der Waals surface area contributed by atoms with E-state index in [1.807, 2.05) is 42.1 Å². The van der Waals surface area contributed by atoms with Crippen molar-refractivity contribution in [1.82, 2.24) is 49.4 Å². The average molecular weight is 634 g/mol. The molecule has 0 aromatic carbocycles. The zero-order valence-corrected chi connectivity index (χ0v) is 25.6. The van der Waals surface area contributed by atoms with Crippen molar-refractivity contribution in [2.45, 2.75) is 61.8 Å². The Bertz CT molecular complexity index is 1810. The van der Waals surface area contributed by atoms with E-state index in [4.69, 9.17) is 0 Å². The highest BCUT2D eigenvalue weighted by molar-refractivity contribution is 5.92. The third-order valence-corrected chi connectivity index (χ3v) is 10.2. The number of nitrogens with zero attached hydrogens (tertiary/aromatic N) is 10. The summed E-state index contributed by atoms with van der Waals surface area (Å²) in [6.45, 7) is 1.88. The first kappa shape index (κ1) is 30.2. The van der Waals surface area contributed by atoms with Gasteiger partial charge in [0.2, 0.25) is 5.82 Å². The third kappa shape index (κ3) is 5.00. The van der Waals surface area contributed by atoms with Crippen LogP contribution >= 0.6 is 0 Å². The fourth-order valence-corrected chi connectivity index (χ4v) is 7.26. The molecule has 46 heavy (non-hydrogen) atoms. The molecule has 0 spiro atoms. The van der Waals surface area contributed by atoms with Crippen LogP contribution in [0, 0.1) is 11.3 Å². The molecule has 2 saturated carbocycles. The van der Waals surface area contributed by atoms with Crippen molar-refractivity contribution >= 4 is 16.9 Å². The van der Waals surface area contributed by atoms with Gasteiger partial charge in [-0.2, -0.15) is 23.5 Å². The predicted molar refractivity (Wildman–Crippen MR) is 160 cm³/mol. The predicted octanol–water partition coefficient (Wildman–Crippen LogP) is 3.80. The second-order valence-electron chi connectivity index (χ2n) is 12.8. The summed E-state index contributed by atoms with van der Waals surface area (Å²) in [5.74, 6) is -1.79. The third-order valence-electron chi connectivity index (χ3n) is 10.2. The minimum absolute atomic E-state index is 0.190. The van der Waals surface area contributed by atoms with Gasteiger partial charge in [0.1, 0.15) is 17.7 Å². The quantitative estimate of drug-likeness (QED) is 0.322. The summed E-state index contributed by atoms with van der Waals surface area (Å²) >= 11 is 0. The molecule has 3 aliphatic rings. The molecule has 12 nitrogen and oxygen atoms in total. The Morgan fingerprint density at radius 3 is 2.57 bits per heavy atom. The molecular weight excluding hydrogens is 599 g/mol. The monoisotopic (exact) mass is 633 g/mol. The Kier molecular flexibility index (Phi) is 7.32. The van der Waals surface area contributed by atoms with Crippen molar-refractivity contribution in [1.29, 1.82) is 5.26 Å². The molecule has 4 aromatic rings. The molecular formula is C31H34F3N11O. The number of carbonyl (C=O) groups excluding carboxylic acids is 1. The summed E-state index contributed by atoms with van der Waals surface area (Å²) in [4.78, 5) is 38.7. The minimum atomic E-state index is -4.76. The zero-order valence-electron chi connectivity index (χ0n) is 25.6. The van der Waals surface area contributed by atoms with E-state index < -0.39 is 29.0 Å². The van der Waals surface area contributed by atoms with Crippen LogP contribution in [0.2, 0.25) is 0 Å². The van der Waals surface area contributed by atoms with Crippen LogP contribution in [0.15, 0.2) is 37.1 Å². The highest BCUT2D eigenvalue weighted by atomic mass is 19.4. The fourth-order valence-electron chi connectivity index (χ4n) is 7.26. The maximum atomic E-state index is 13.8. The maximum absolute atomic E-state index is 13.8. The molecule has 0 bridgehead atoms. The molecule has 1 N–H and O–H groups in total. The van der Waals surface area contributed by atoms with Crippen molar-refractivity contribution in [2.24, 2.45) is 0 Å². The zero-order chi connectivity index (χ0) is 32.3. The Morgan fingerprint density at radius 2 is 1.91 bits per heavy atom. The van der Waals surface area contributed by atoms with Gasteiger partial charge in [0.25, 0.3) is 5.91 Å². The van der Waals surface area contributed by atoms with Crippen LogP contribution in [0.1, 0.15) is 60.5 Å². The van der Waals surface area contributed by atoms with E-state index >= 15 is 0 Å². The molecule has 3 fully saturated rings.